The number of para-hydroxylation sites is 1. The number of ether oxygens (including phenoxy) is 1. The average Bonchev–Trinajstić information content (AvgIpc) is 2.81. The summed E-state index contributed by atoms with van der Waals surface area (Å²) in [5.41, 5.74) is 1.53. The standard InChI is InChI=1S/C22H25N5O3S/c1-2-30-20-8-10-21(11-9-20)31(28,29)25-18-16-23-22(24-17-18)27-14-12-26(13-15-27)19-6-4-3-5-7-19/h3-11,16-17,25H,2,12-15H2,1H3. The minimum atomic E-state index is -3.73. The summed E-state index contributed by atoms with van der Waals surface area (Å²) in [5.74, 6) is 1.22. The molecule has 1 N–H and O–H groups in total. The van der Waals surface area contributed by atoms with Gasteiger partial charge >= 0.3 is 0 Å². The van der Waals surface area contributed by atoms with Crippen LogP contribution in [0.1, 0.15) is 6.92 Å². The molecule has 8 nitrogen and oxygen atoms in total. The molecule has 1 aliphatic rings. The van der Waals surface area contributed by atoms with E-state index in [1.807, 2.05) is 25.1 Å². The molecular weight excluding hydrogens is 414 g/mol. The summed E-state index contributed by atoms with van der Waals surface area (Å²) in [6.45, 7) is 5.74. The fourth-order valence-corrected chi connectivity index (χ4v) is 4.46. The smallest absolute Gasteiger partial charge is 0.261 e. The zero-order chi connectivity index (χ0) is 21.7. The number of nitrogens with zero attached hydrogens (tertiary/aromatic N) is 4. The van der Waals surface area contributed by atoms with Gasteiger partial charge in [0.1, 0.15) is 5.75 Å². The van der Waals surface area contributed by atoms with Crippen molar-refractivity contribution >= 4 is 27.3 Å². The van der Waals surface area contributed by atoms with Crippen molar-refractivity contribution in [1.29, 1.82) is 0 Å². The van der Waals surface area contributed by atoms with Crippen LogP contribution in [0.25, 0.3) is 0 Å². The Morgan fingerprint density at radius 3 is 2.13 bits per heavy atom. The van der Waals surface area contributed by atoms with Crippen LogP contribution in [0.15, 0.2) is 71.9 Å². The number of hydrogen-bond acceptors (Lipinski definition) is 7. The second kappa shape index (κ2) is 9.22. The lowest BCUT2D eigenvalue weighted by Crippen LogP contribution is -2.47. The van der Waals surface area contributed by atoms with Gasteiger partial charge in [-0.15, -0.1) is 0 Å². The van der Waals surface area contributed by atoms with Gasteiger partial charge in [-0.2, -0.15) is 0 Å². The molecule has 0 saturated carbocycles. The van der Waals surface area contributed by atoms with Crippen LogP contribution >= 0.6 is 0 Å². The second-order valence-corrected chi connectivity index (χ2v) is 8.77. The molecule has 1 aromatic heterocycles. The van der Waals surface area contributed by atoms with Gasteiger partial charge in [0.2, 0.25) is 5.95 Å². The molecule has 0 bridgehead atoms. The molecule has 2 heterocycles. The SMILES string of the molecule is CCOc1ccc(S(=O)(=O)Nc2cnc(N3CCN(c4ccccc4)CC3)nc2)cc1. The van der Waals surface area contributed by atoms with Gasteiger partial charge in [-0.1, -0.05) is 18.2 Å². The Labute approximate surface area is 182 Å². The minimum Gasteiger partial charge on any atom is -0.494 e. The molecule has 0 amide bonds. The Hall–Kier alpha value is -3.33. The number of hydrogen-bond donors (Lipinski definition) is 1. The van der Waals surface area contributed by atoms with Gasteiger partial charge < -0.3 is 14.5 Å². The molecule has 3 aromatic rings. The van der Waals surface area contributed by atoms with Crippen LogP contribution in [0.5, 0.6) is 5.75 Å². The number of sulfonamides is 1. The fraction of sp³-hybridized carbons (Fsp3) is 0.273. The highest BCUT2D eigenvalue weighted by Crippen LogP contribution is 2.21. The number of aromatic nitrogens is 2. The predicted octanol–water partition coefficient (Wildman–Crippen LogP) is 3.00. The van der Waals surface area contributed by atoms with Crippen molar-refractivity contribution in [3.8, 4) is 5.75 Å². The van der Waals surface area contributed by atoms with Crippen molar-refractivity contribution in [1.82, 2.24) is 9.97 Å². The lowest BCUT2D eigenvalue weighted by molar-refractivity contribution is 0.340. The first-order valence-electron chi connectivity index (χ1n) is 10.2. The summed E-state index contributed by atoms with van der Waals surface area (Å²) in [4.78, 5) is 13.3. The van der Waals surface area contributed by atoms with Crippen molar-refractivity contribution in [2.75, 3.05) is 47.3 Å². The third-order valence-electron chi connectivity index (χ3n) is 5.02. The van der Waals surface area contributed by atoms with E-state index in [2.05, 4.69) is 36.6 Å². The van der Waals surface area contributed by atoms with E-state index in [1.165, 1.54) is 30.2 Å². The Morgan fingerprint density at radius 2 is 1.52 bits per heavy atom. The van der Waals surface area contributed by atoms with Crippen molar-refractivity contribution in [3.05, 3.63) is 67.0 Å². The summed E-state index contributed by atoms with van der Waals surface area (Å²) in [6.07, 6.45) is 3.00. The van der Waals surface area contributed by atoms with Crippen LogP contribution in [-0.2, 0) is 10.0 Å². The van der Waals surface area contributed by atoms with Crippen LogP contribution in [-0.4, -0.2) is 51.2 Å². The number of piperazine rings is 1. The highest BCUT2D eigenvalue weighted by molar-refractivity contribution is 7.92. The van der Waals surface area contributed by atoms with E-state index in [4.69, 9.17) is 4.74 Å². The van der Waals surface area contributed by atoms with Gasteiger partial charge in [0.15, 0.2) is 0 Å². The summed E-state index contributed by atoms with van der Waals surface area (Å²) in [5, 5.41) is 0. The minimum absolute atomic E-state index is 0.150. The molecule has 0 spiro atoms. The van der Waals surface area contributed by atoms with Gasteiger partial charge in [-0.3, -0.25) is 4.72 Å². The van der Waals surface area contributed by atoms with E-state index in [1.54, 1.807) is 12.1 Å². The topological polar surface area (TPSA) is 87.7 Å². The maximum absolute atomic E-state index is 12.6. The molecular formula is C22H25N5O3S. The van der Waals surface area contributed by atoms with Gasteiger partial charge in [-0.25, -0.2) is 18.4 Å². The first kappa shape index (κ1) is 20.9. The molecule has 0 aliphatic carbocycles. The van der Waals surface area contributed by atoms with Crippen LogP contribution in [0.3, 0.4) is 0 Å². The largest absolute Gasteiger partial charge is 0.494 e. The van der Waals surface area contributed by atoms with Crippen LogP contribution in [0, 0.1) is 0 Å². The van der Waals surface area contributed by atoms with Crippen LogP contribution < -0.4 is 19.3 Å². The molecule has 4 rings (SSSR count). The van der Waals surface area contributed by atoms with E-state index in [9.17, 15) is 8.42 Å². The zero-order valence-electron chi connectivity index (χ0n) is 17.3. The van der Waals surface area contributed by atoms with Gasteiger partial charge in [-0.05, 0) is 43.3 Å². The highest BCUT2D eigenvalue weighted by atomic mass is 32.2. The van der Waals surface area contributed by atoms with Crippen molar-refractivity contribution in [2.24, 2.45) is 0 Å². The third-order valence-corrected chi connectivity index (χ3v) is 6.42. The van der Waals surface area contributed by atoms with Gasteiger partial charge in [0, 0.05) is 31.9 Å². The molecule has 1 saturated heterocycles. The van der Waals surface area contributed by atoms with Crippen LogP contribution in [0.4, 0.5) is 17.3 Å². The Morgan fingerprint density at radius 1 is 0.903 bits per heavy atom. The van der Waals surface area contributed by atoms with E-state index in [0.717, 1.165) is 26.2 Å². The molecule has 0 radical (unpaired) electrons. The number of benzene rings is 2. The number of rotatable bonds is 7. The molecule has 0 atom stereocenters. The van der Waals surface area contributed by atoms with Crippen molar-refractivity contribution in [2.45, 2.75) is 11.8 Å². The molecule has 9 heteroatoms. The van der Waals surface area contributed by atoms with Crippen molar-refractivity contribution < 1.29 is 13.2 Å². The average molecular weight is 440 g/mol. The Kier molecular flexibility index (Phi) is 6.22. The second-order valence-electron chi connectivity index (χ2n) is 7.09. The number of nitrogens with one attached hydrogen (secondary N) is 1. The van der Waals surface area contributed by atoms with Crippen LogP contribution in [0.2, 0.25) is 0 Å². The lowest BCUT2D eigenvalue weighted by Gasteiger charge is -2.36. The maximum Gasteiger partial charge on any atom is 0.261 e. The quantitative estimate of drug-likeness (QED) is 0.605. The van der Waals surface area contributed by atoms with E-state index in [-0.39, 0.29) is 4.90 Å². The Bertz CT molecular complexity index is 1080. The summed E-state index contributed by atoms with van der Waals surface area (Å²) >= 11 is 0. The van der Waals surface area contributed by atoms with Gasteiger partial charge in [0.25, 0.3) is 10.0 Å². The highest BCUT2D eigenvalue weighted by Gasteiger charge is 2.20. The summed E-state index contributed by atoms with van der Waals surface area (Å²) in [6, 6.07) is 16.6. The lowest BCUT2D eigenvalue weighted by atomic mass is 10.2. The predicted molar refractivity (Wildman–Crippen MR) is 121 cm³/mol. The van der Waals surface area contributed by atoms with Gasteiger partial charge in [0.05, 0.1) is 29.6 Å². The molecule has 162 valence electrons. The summed E-state index contributed by atoms with van der Waals surface area (Å²) < 4.78 is 33.1. The first-order valence-corrected chi connectivity index (χ1v) is 11.7. The normalized spacial score (nSPS) is 14.4. The maximum atomic E-state index is 12.6. The monoisotopic (exact) mass is 439 g/mol. The van der Waals surface area contributed by atoms with E-state index >= 15 is 0 Å². The molecule has 1 aliphatic heterocycles. The first-order chi connectivity index (χ1) is 15.0. The molecule has 31 heavy (non-hydrogen) atoms. The molecule has 1 fully saturated rings. The fourth-order valence-electron chi connectivity index (χ4n) is 3.44. The molecule has 2 aromatic carbocycles. The third kappa shape index (κ3) is 5.05. The number of anilines is 3. The van der Waals surface area contributed by atoms with E-state index in [0.29, 0.717) is 24.0 Å². The zero-order valence-corrected chi connectivity index (χ0v) is 18.1. The van der Waals surface area contributed by atoms with E-state index < -0.39 is 10.0 Å². The Balaban J connectivity index is 1.37. The molecule has 0 unspecified atom stereocenters. The summed E-state index contributed by atoms with van der Waals surface area (Å²) in [7, 11) is -3.73. The van der Waals surface area contributed by atoms with Crippen molar-refractivity contribution in [3.63, 3.8) is 0 Å².